The lowest BCUT2D eigenvalue weighted by molar-refractivity contribution is 0.317. The van der Waals surface area contributed by atoms with Crippen molar-refractivity contribution in [1.29, 1.82) is 0 Å². The molecule has 4 rings (SSSR count). The highest BCUT2D eigenvalue weighted by atomic mass is 15.1. The van der Waals surface area contributed by atoms with Crippen LogP contribution in [0.2, 0.25) is 0 Å². The minimum absolute atomic E-state index is 0.298. The molecule has 3 aliphatic carbocycles. The van der Waals surface area contributed by atoms with Crippen LogP contribution in [-0.2, 0) is 6.42 Å². The fourth-order valence-corrected chi connectivity index (χ4v) is 4.95. The summed E-state index contributed by atoms with van der Waals surface area (Å²) >= 11 is 0. The van der Waals surface area contributed by atoms with Crippen molar-refractivity contribution in [2.45, 2.75) is 64.0 Å². The Morgan fingerprint density at radius 3 is 2.83 bits per heavy atom. The molecule has 2 N–H and O–H groups in total. The van der Waals surface area contributed by atoms with Gasteiger partial charge in [0.25, 0.3) is 0 Å². The standard InChI is InChI=1S/C16H24N2/c1-10-7-13-14(17)3-2-4-15(13)18(10)16-9-11-5-6-12(16)8-11/h7,11-12,14,16H,2-6,8-9,17H2,1H3. The number of nitrogens with zero attached hydrogens (tertiary/aromatic N) is 1. The Balaban J connectivity index is 1.76. The zero-order chi connectivity index (χ0) is 12.3. The van der Waals surface area contributed by atoms with E-state index < -0.39 is 0 Å². The second-order valence-electron chi connectivity index (χ2n) is 6.80. The van der Waals surface area contributed by atoms with Crippen LogP contribution < -0.4 is 5.73 Å². The summed E-state index contributed by atoms with van der Waals surface area (Å²) in [5.74, 6) is 1.98. The van der Waals surface area contributed by atoms with E-state index in [-0.39, 0.29) is 0 Å². The SMILES string of the molecule is Cc1cc2c(n1C1CC3CCC1C3)CCCC2N. The summed E-state index contributed by atoms with van der Waals surface area (Å²) < 4.78 is 2.69. The molecule has 2 heteroatoms. The Hall–Kier alpha value is -0.760. The predicted molar refractivity (Wildman–Crippen MR) is 73.5 cm³/mol. The van der Waals surface area contributed by atoms with Crippen molar-refractivity contribution in [1.82, 2.24) is 4.57 Å². The number of nitrogens with two attached hydrogens (primary N) is 1. The highest BCUT2D eigenvalue weighted by Crippen LogP contribution is 2.52. The second kappa shape index (κ2) is 3.86. The average Bonchev–Trinajstić information content (AvgIpc) is 3.02. The fraction of sp³-hybridized carbons (Fsp3) is 0.750. The number of hydrogen-bond donors (Lipinski definition) is 1. The molecule has 4 unspecified atom stereocenters. The first-order valence-corrected chi connectivity index (χ1v) is 7.70. The van der Waals surface area contributed by atoms with E-state index in [9.17, 15) is 0 Å². The zero-order valence-electron chi connectivity index (χ0n) is 11.4. The maximum Gasteiger partial charge on any atom is 0.0366 e. The van der Waals surface area contributed by atoms with Crippen LogP contribution in [0.25, 0.3) is 0 Å². The van der Waals surface area contributed by atoms with Crippen molar-refractivity contribution in [3.63, 3.8) is 0 Å². The van der Waals surface area contributed by atoms with Gasteiger partial charge in [-0.1, -0.05) is 6.42 Å². The summed E-state index contributed by atoms with van der Waals surface area (Å²) in [6.07, 6.45) is 9.58. The van der Waals surface area contributed by atoms with E-state index in [0.29, 0.717) is 6.04 Å². The lowest BCUT2D eigenvalue weighted by atomic mass is 9.91. The summed E-state index contributed by atoms with van der Waals surface area (Å²) in [4.78, 5) is 0. The van der Waals surface area contributed by atoms with E-state index in [4.69, 9.17) is 5.73 Å². The van der Waals surface area contributed by atoms with Gasteiger partial charge in [0.15, 0.2) is 0 Å². The monoisotopic (exact) mass is 244 g/mol. The molecule has 2 bridgehead atoms. The van der Waals surface area contributed by atoms with Crippen molar-refractivity contribution >= 4 is 0 Å². The fourth-order valence-electron chi connectivity index (χ4n) is 4.95. The van der Waals surface area contributed by atoms with E-state index in [1.807, 2.05) is 0 Å². The van der Waals surface area contributed by atoms with Gasteiger partial charge in [-0.2, -0.15) is 0 Å². The molecular formula is C16H24N2. The molecule has 0 radical (unpaired) electrons. The molecule has 2 saturated carbocycles. The summed E-state index contributed by atoms with van der Waals surface area (Å²) in [6, 6.07) is 3.48. The van der Waals surface area contributed by atoms with Crippen molar-refractivity contribution in [3.8, 4) is 0 Å². The van der Waals surface area contributed by atoms with Gasteiger partial charge in [-0.25, -0.2) is 0 Å². The molecule has 1 aromatic heterocycles. The normalized spacial score (nSPS) is 38.1. The average molecular weight is 244 g/mol. The Morgan fingerprint density at radius 1 is 1.22 bits per heavy atom. The first-order chi connectivity index (χ1) is 8.74. The van der Waals surface area contributed by atoms with E-state index in [2.05, 4.69) is 17.6 Å². The molecule has 4 atom stereocenters. The third-order valence-corrected chi connectivity index (χ3v) is 5.73. The van der Waals surface area contributed by atoms with Crippen LogP contribution in [0.4, 0.5) is 0 Å². The van der Waals surface area contributed by atoms with Gasteiger partial charge in [-0.05, 0) is 68.9 Å². The quantitative estimate of drug-likeness (QED) is 0.805. The van der Waals surface area contributed by atoms with E-state index in [0.717, 1.165) is 17.9 Å². The molecule has 0 aromatic carbocycles. The summed E-state index contributed by atoms with van der Waals surface area (Å²) in [7, 11) is 0. The van der Waals surface area contributed by atoms with Crippen LogP contribution in [0.1, 0.15) is 67.6 Å². The van der Waals surface area contributed by atoms with Gasteiger partial charge in [-0.3, -0.25) is 0 Å². The summed E-state index contributed by atoms with van der Waals surface area (Å²) in [5.41, 5.74) is 10.8. The molecule has 0 amide bonds. The molecule has 1 heterocycles. The predicted octanol–water partition coefficient (Wildman–Crippen LogP) is 3.49. The molecule has 0 saturated heterocycles. The minimum Gasteiger partial charge on any atom is -0.345 e. The van der Waals surface area contributed by atoms with E-state index in [1.165, 1.54) is 56.2 Å². The van der Waals surface area contributed by atoms with Gasteiger partial charge in [0.2, 0.25) is 0 Å². The van der Waals surface area contributed by atoms with Gasteiger partial charge < -0.3 is 10.3 Å². The topological polar surface area (TPSA) is 30.9 Å². The summed E-state index contributed by atoms with van der Waals surface area (Å²) in [6.45, 7) is 2.29. The molecule has 1 aromatic rings. The van der Waals surface area contributed by atoms with Crippen molar-refractivity contribution < 1.29 is 0 Å². The lowest BCUT2D eigenvalue weighted by Crippen LogP contribution is -2.23. The van der Waals surface area contributed by atoms with Crippen LogP contribution in [0.15, 0.2) is 6.07 Å². The Bertz CT molecular complexity index is 474. The largest absolute Gasteiger partial charge is 0.345 e. The Morgan fingerprint density at radius 2 is 2.11 bits per heavy atom. The van der Waals surface area contributed by atoms with Gasteiger partial charge >= 0.3 is 0 Å². The van der Waals surface area contributed by atoms with E-state index in [1.54, 1.807) is 5.69 Å². The number of rotatable bonds is 1. The van der Waals surface area contributed by atoms with E-state index >= 15 is 0 Å². The maximum atomic E-state index is 6.29. The number of aromatic nitrogens is 1. The molecule has 98 valence electrons. The molecule has 3 aliphatic rings. The van der Waals surface area contributed by atoms with Gasteiger partial charge in [-0.15, -0.1) is 0 Å². The first kappa shape index (κ1) is 11.1. The Kier molecular flexibility index (Phi) is 2.38. The highest BCUT2D eigenvalue weighted by molar-refractivity contribution is 5.33. The van der Waals surface area contributed by atoms with Crippen LogP contribution >= 0.6 is 0 Å². The smallest absolute Gasteiger partial charge is 0.0366 e. The second-order valence-corrected chi connectivity index (χ2v) is 6.80. The molecule has 2 fully saturated rings. The molecule has 2 nitrogen and oxygen atoms in total. The van der Waals surface area contributed by atoms with Crippen LogP contribution in [0, 0.1) is 18.8 Å². The lowest BCUT2D eigenvalue weighted by Gasteiger charge is -2.29. The van der Waals surface area contributed by atoms with Crippen molar-refractivity contribution in [2.75, 3.05) is 0 Å². The maximum absolute atomic E-state index is 6.29. The van der Waals surface area contributed by atoms with Crippen LogP contribution in [-0.4, -0.2) is 4.57 Å². The first-order valence-electron chi connectivity index (χ1n) is 7.70. The molecule has 0 aliphatic heterocycles. The number of aryl methyl sites for hydroxylation is 1. The number of fused-ring (bicyclic) bond motifs is 3. The highest BCUT2D eigenvalue weighted by Gasteiger charge is 2.42. The minimum atomic E-state index is 0.298. The third kappa shape index (κ3) is 1.45. The van der Waals surface area contributed by atoms with Crippen LogP contribution in [0.3, 0.4) is 0 Å². The van der Waals surface area contributed by atoms with Crippen LogP contribution in [0.5, 0.6) is 0 Å². The van der Waals surface area contributed by atoms with Gasteiger partial charge in [0.1, 0.15) is 0 Å². The zero-order valence-corrected chi connectivity index (χ0v) is 11.4. The van der Waals surface area contributed by atoms with Crippen molar-refractivity contribution in [2.24, 2.45) is 17.6 Å². The van der Waals surface area contributed by atoms with Gasteiger partial charge in [0.05, 0.1) is 0 Å². The molecule has 18 heavy (non-hydrogen) atoms. The molecule has 0 spiro atoms. The third-order valence-electron chi connectivity index (χ3n) is 5.73. The summed E-state index contributed by atoms with van der Waals surface area (Å²) in [5, 5.41) is 0. The van der Waals surface area contributed by atoms with Crippen molar-refractivity contribution in [3.05, 3.63) is 23.0 Å². The van der Waals surface area contributed by atoms with Gasteiger partial charge in [0, 0.05) is 23.5 Å². The molecular weight excluding hydrogens is 220 g/mol. The number of hydrogen-bond acceptors (Lipinski definition) is 1. The Labute approximate surface area is 110 Å².